The summed E-state index contributed by atoms with van der Waals surface area (Å²) in [5.74, 6) is 0. The maximum absolute atomic E-state index is 11.3. The van der Waals surface area contributed by atoms with E-state index in [2.05, 4.69) is 30.9 Å². The van der Waals surface area contributed by atoms with Crippen molar-refractivity contribution in [2.45, 2.75) is 32.3 Å². The molecule has 2 rings (SSSR count). The quantitative estimate of drug-likeness (QED) is 0.800. The molecule has 1 unspecified atom stereocenters. The second-order valence-corrected chi connectivity index (χ2v) is 5.84. The Kier molecular flexibility index (Phi) is 6.17. The zero-order chi connectivity index (χ0) is 15.8. The van der Waals surface area contributed by atoms with Crippen molar-refractivity contribution in [3.63, 3.8) is 0 Å². The van der Waals surface area contributed by atoms with Gasteiger partial charge in [0.1, 0.15) is 0 Å². The highest BCUT2D eigenvalue weighted by molar-refractivity contribution is 5.27. The van der Waals surface area contributed by atoms with E-state index in [0.717, 1.165) is 31.6 Å². The molecule has 0 aliphatic heterocycles. The van der Waals surface area contributed by atoms with Gasteiger partial charge in [0.15, 0.2) is 0 Å². The normalized spacial score (nSPS) is 14.0. The SMILES string of the molecule is CCN(CC)CCC(O)(Cc1ccccc1)c1ccccc1. The number of rotatable bonds is 8. The highest BCUT2D eigenvalue weighted by Gasteiger charge is 2.29. The Balaban J connectivity index is 2.20. The first-order valence-corrected chi connectivity index (χ1v) is 8.22. The van der Waals surface area contributed by atoms with E-state index in [1.165, 1.54) is 5.56 Å². The summed E-state index contributed by atoms with van der Waals surface area (Å²) in [7, 11) is 0. The smallest absolute Gasteiger partial charge is 0.0948 e. The summed E-state index contributed by atoms with van der Waals surface area (Å²) >= 11 is 0. The minimum absolute atomic E-state index is 0.652. The van der Waals surface area contributed by atoms with Crippen molar-refractivity contribution in [1.29, 1.82) is 0 Å². The Labute approximate surface area is 134 Å². The van der Waals surface area contributed by atoms with Gasteiger partial charge in [0.25, 0.3) is 0 Å². The third-order valence-corrected chi connectivity index (χ3v) is 4.39. The van der Waals surface area contributed by atoms with Gasteiger partial charge in [0.2, 0.25) is 0 Å². The molecule has 2 aromatic rings. The summed E-state index contributed by atoms with van der Waals surface area (Å²) < 4.78 is 0. The predicted molar refractivity (Wildman–Crippen MR) is 92.9 cm³/mol. The molecule has 0 amide bonds. The molecule has 2 nitrogen and oxygen atoms in total. The molecule has 0 saturated carbocycles. The van der Waals surface area contributed by atoms with Gasteiger partial charge >= 0.3 is 0 Å². The Bertz CT molecular complexity index is 536. The van der Waals surface area contributed by atoms with Crippen LogP contribution in [-0.4, -0.2) is 29.6 Å². The maximum Gasteiger partial charge on any atom is 0.0948 e. The lowest BCUT2D eigenvalue weighted by Gasteiger charge is -2.31. The topological polar surface area (TPSA) is 23.5 Å². The first-order valence-electron chi connectivity index (χ1n) is 8.22. The molecule has 2 aromatic carbocycles. The van der Waals surface area contributed by atoms with Gasteiger partial charge in [-0.2, -0.15) is 0 Å². The average Bonchev–Trinajstić information content (AvgIpc) is 2.57. The van der Waals surface area contributed by atoms with Gasteiger partial charge in [0.05, 0.1) is 5.60 Å². The zero-order valence-corrected chi connectivity index (χ0v) is 13.7. The van der Waals surface area contributed by atoms with E-state index in [0.29, 0.717) is 6.42 Å². The van der Waals surface area contributed by atoms with Crippen LogP contribution in [0.25, 0.3) is 0 Å². The maximum atomic E-state index is 11.3. The molecule has 0 saturated heterocycles. The molecule has 22 heavy (non-hydrogen) atoms. The van der Waals surface area contributed by atoms with Crippen LogP contribution in [-0.2, 0) is 12.0 Å². The lowest BCUT2D eigenvalue weighted by atomic mass is 9.84. The molecule has 1 N–H and O–H groups in total. The molecule has 0 aliphatic rings. The standard InChI is InChI=1S/C20H27NO/c1-3-21(4-2)16-15-20(22,19-13-9-6-10-14-19)17-18-11-7-5-8-12-18/h5-14,22H,3-4,15-17H2,1-2H3. The van der Waals surface area contributed by atoms with Crippen molar-refractivity contribution in [2.75, 3.05) is 19.6 Å². The Morgan fingerprint density at radius 2 is 1.41 bits per heavy atom. The molecular formula is C20H27NO. The van der Waals surface area contributed by atoms with Gasteiger partial charge in [-0.15, -0.1) is 0 Å². The van der Waals surface area contributed by atoms with Gasteiger partial charge in [0, 0.05) is 13.0 Å². The fourth-order valence-corrected chi connectivity index (χ4v) is 2.90. The van der Waals surface area contributed by atoms with Crippen LogP contribution >= 0.6 is 0 Å². The van der Waals surface area contributed by atoms with Gasteiger partial charge in [-0.1, -0.05) is 74.5 Å². The lowest BCUT2D eigenvalue weighted by molar-refractivity contribution is 0.0181. The van der Waals surface area contributed by atoms with E-state index >= 15 is 0 Å². The van der Waals surface area contributed by atoms with Crippen molar-refractivity contribution < 1.29 is 5.11 Å². The number of hydrogen-bond acceptors (Lipinski definition) is 2. The van der Waals surface area contributed by atoms with Gasteiger partial charge in [-0.05, 0) is 30.6 Å². The number of benzene rings is 2. The summed E-state index contributed by atoms with van der Waals surface area (Å²) in [6, 6.07) is 20.3. The van der Waals surface area contributed by atoms with Crippen LogP contribution in [0.1, 0.15) is 31.4 Å². The Morgan fingerprint density at radius 3 is 1.95 bits per heavy atom. The van der Waals surface area contributed by atoms with Crippen LogP contribution in [0.3, 0.4) is 0 Å². The molecule has 0 fully saturated rings. The van der Waals surface area contributed by atoms with Gasteiger partial charge in [-0.3, -0.25) is 0 Å². The van der Waals surface area contributed by atoms with Crippen molar-refractivity contribution in [3.8, 4) is 0 Å². The van der Waals surface area contributed by atoms with E-state index in [1.54, 1.807) is 0 Å². The fraction of sp³-hybridized carbons (Fsp3) is 0.400. The largest absolute Gasteiger partial charge is 0.385 e. The third kappa shape index (κ3) is 4.43. The molecule has 0 bridgehead atoms. The monoisotopic (exact) mass is 297 g/mol. The molecule has 0 heterocycles. The van der Waals surface area contributed by atoms with Crippen LogP contribution in [0, 0.1) is 0 Å². The minimum Gasteiger partial charge on any atom is -0.385 e. The molecule has 1 atom stereocenters. The van der Waals surface area contributed by atoms with Crippen molar-refractivity contribution in [1.82, 2.24) is 4.90 Å². The first kappa shape index (κ1) is 16.7. The molecule has 0 spiro atoms. The van der Waals surface area contributed by atoms with Gasteiger partial charge in [-0.25, -0.2) is 0 Å². The second kappa shape index (κ2) is 8.11. The fourth-order valence-electron chi connectivity index (χ4n) is 2.90. The predicted octanol–water partition coefficient (Wildman–Crippen LogP) is 3.85. The third-order valence-electron chi connectivity index (χ3n) is 4.39. The highest BCUT2D eigenvalue weighted by atomic mass is 16.3. The summed E-state index contributed by atoms with van der Waals surface area (Å²) in [5.41, 5.74) is 1.37. The minimum atomic E-state index is -0.814. The summed E-state index contributed by atoms with van der Waals surface area (Å²) in [4.78, 5) is 2.36. The van der Waals surface area contributed by atoms with E-state index in [-0.39, 0.29) is 0 Å². The molecule has 2 heteroatoms. The molecule has 0 radical (unpaired) electrons. The summed E-state index contributed by atoms with van der Waals surface area (Å²) in [6.45, 7) is 7.29. The average molecular weight is 297 g/mol. The van der Waals surface area contributed by atoms with Crippen molar-refractivity contribution in [3.05, 3.63) is 71.8 Å². The Hall–Kier alpha value is -1.64. The van der Waals surface area contributed by atoms with Crippen LogP contribution < -0.4 is 0 Å². The highest BCUT2D eigenvalue weighted by Crippen LogP contribution is 2.29. The van der Waals surface area contributed by atoms with Crippen LogP contribution in [0.5, 0.6) is 0 Å². The zero-order valence-electron chi connectivity index (χ0n) is 13.7. The molecular weight excluding hydrogens is 270 g/mol. The number of nitrogens with zero attached hydrogens (tertiary/aromatic N) is 1. The van der Waals surface area contributed by atoms with Crippen LogP contribution in [0.15, 0.2) is 60.7 Å². The Morgan fingerprint density at radius 1 is 0.864 bits per heavy atom. The number of aliphatic hydroxyl groups is 1. The van der Waals surface area contributed by atoms with E-state index in [4.69, 9.17) is 0 Å². The lowest BCUT2D eigenvalue weighted by Crippen LogP contribution is -2.35. The molecule has 0 aliphatic carbocycles. The van der Waals surface area contributed by atoms with E-state index in [1.807, 2.05) is 48.5 Å². The molecule has 118 valence electrons. The first-order chi connectivity index (χ1) is 10.7. The van der Waals surface area contributed by atoms with E-state index < -0.39 is 5.60 Å². The van der Waals surface area contributed by atoms with Crippen LogP contribution in [0.4, 0.5) is 0 Å². The van der Waals surface area contributed by atoms with Crippen molar-refractivity contribution in [2.24, 2.45) is 0 Å². The summed E-state index contributed by atoms with van der Waals surface area (Å²) in [6.07, 6.45) is 1.40. The van der Waals surface area contributed by atoms with Crippen molar-refractivity contribution >= 4 is 0 Å². The van der Waals surface area contributed by atoms with Crippen LogP contribution in [0.2, 0.25) is 0 Å². The van der Waals surface area contributed by atoms with Gasteiger partial charge < -0.3 is 10.0 Å². The number of hydrogen-bond donors (Lipinski definition) is 1. The second-order valence-electron chi connectivity index (χ2n) is 5.84. The molecule has 0 aromatic heterocycles. The summed E-state index contributed by atoms with van der Waals surface area (Å²) in [5, 5.41) is 11.3. The van der Waals surface area contributed by atoms with E-state index in [9.17, 15) is 5.11 Å².